The van der Waals surface area contributed by atoms with Gasteiger partial charge in [0.25, 0.3) is 0 Å². The van der Waals surface area contributed by atoms with Crippen LogP contribution in [0, 0.1) is 6.92 Å². The van der Waals surface area contributed by atoms with Crippen LogP contribution in [0.5, 0.6) is 17.2 Å². The Labute approximate surface area is 129 Å². The van der Waals surface area contributed by atoms with Crippen molar-refractivity contribution in [1.29, 1.82) is 0 Å². The molecule has 2 rings (SSSR count). The van der Waals surface area contributed by atoms with Crippen molar-refractivity contribution in [2.45, 2.75) is 13.5 Å². The highest BCUT2D eigenvalue weighted by molar-refractivity contribution is 5.92. The van der Waals surface area contributed by atoms with E-state index in [0.717, 1.165) is 5.56 Å². The molecule has 0 unspecified atom stereocenters. The lowest BCUT2D eigenvalue weighted by Gasteiger charge is -2.11. The van der Waals surface area contributed by atoms with Crippen molar-refractivity contribution in [3.8, 4) is 17.2 Å². The zero-order chi connectivity index (χ0) is 16.1. The smallest absolute Gasteiger partial charge is 0.342 e. The first-order valence-electron chi connectivity index (χ1n) is 6.72. The van der Waals surface area contributed by atoms with E-state index >= 15 is 0 Å². The summed E-state index contributed by atoms with van der Waals surface area (Å²) in [5.74, 6) is 0.553. The van der Waals surface area contributed by atoms with Gasteiger partial charge in [0.05, 0.1) is 14.2 Å². The van der Waals surface area contributed by atoms with Crippen LogP contribution in [-0.4, -0.2) is 25.3 Å². The van der Waals surface area contributed by atoms with Crippen LogP contribution in [0.3, 0.4) is 0 Å². The third-order valence-corrected chi connectivity index (χ3v) is 3.22. The summed E-state index contributed by atoms with van der Waals surface area (Å²) in [6.45, 7) is 1.85. The van der Waals surface area contributed by atoms with Gasteiger partial charge in [0.2, 0.25) is 0 Å². The molecule has 0 saturated carbocycles. The van der Waals surface area contributed by atoms with E-state index in [9.17, 15) is 9.90 Å². The van der Waals surface area contributed by atoms with Crippen LogP contribution < -0.4 is 9.47 Å². The topological polar surface area (TPSA) is 65.0 Å². The lowest BCUT2D eigenvalue weighted by Crippen LogP contribution is -2.06. The summed E-state index contributed by atoms with van der Waals surface area (Å²) in [6, 6.07) is 10.0. The van der Waals surface area contributed by atoms with E-state index in [1.165, 1.54) is 12.1 Å². The predicted molar refractivity (Wildman–Crippen MR) is 81.5 cm³/mol. The molecule has 5 heteroatoms. The molecule has 0 spiro atoms. The minimum Gasteiger partial charge on any atom is -0.507 e. The second kappa shape index (κ2) is 6.85. The Kier molecular flexibility index (Phi) is 4.88. The molecule has 1 N–H and O–H groups in total. The molecule has 0 amide bonds. The standard InChI is InChI=1S/C17H18O5/c1-11-4-6-14(15(18)8-11)17(19)22-10-12-9-13(20-2)5-7-16(12)21-3/h4-9,18H,10H2,1-3H3. The van der Waals surface area contributed by atoms with Gasteiger partial charge < -0.3 is 19.3 Å². The van der Waals surface area contributed by atoms with Crippen LogP contribution in [0.1, 0.15) is 21.5 Å². The molecule has 5 nitrogen and oxygen atoms in total. The van der Waals surface area contributed by atoms with Crippen LogP contribution in [0.25, 0.3) is 0 Å². The quantitative estimate of drug-likeness (QED) is 0.860. The van der Waals surface area contributed by atoms with Crippen LogP contribution in [0.4, 0.5) is 0 Å². The van der Waals surface area contributed by atoms with E-state index in [-0.39, 0.29) is 17.9 Å². The van der Waals surface area contributed by atoms with Crippen molar-refractivity contribution in [3.05, 3.63) is 53.1 Å². The van der Waals surface area contributed by atoms with Gasteiger partial charge in [-0.25, -0.2) is 4.79 Å². The van der Waals surface area contributed by atoms with Gasteiger partial charge in [-0.15, -0.1) is 0 Å². The molecular formula is C17H18O5. The van der Waals surface area contributed by atoms with Gasteiger partial charge in [-0.05, 0) is 42.8 Å². The van der Waals surface area contributed by atoms with Crippen molar-refractivity contribution >= 4 is 5.97 Å². The zero-order valence-corrected chi connectivity index (χ0v) is 12.8. The maximum absolute atomic E-state index is 12.0. The third kappa shape index (κ3) is 3.49. The molecule has 0 heterocycles. The average molecular weight is 302 g/mol. The Morgan fingerprint density at radius 2 is 1.86 bits per heavy atom. The average Bonchev–Trinajstić information content (AvgIpc) is 2.52. The summed E-state index contributed by atoms with van der Waals surface area (Å²) in [7, 11) is 3.10. The molecule has 0 aliphatic rings. The number of phenolic OH excluding ortho intramolecular Hbond substituents is 1. The molecule has 0 saturated heterocycles. The maximum atomic E-state index is 12.0. The fourth-order valence-electron chi connectivity index (χ4n) is 2.03. The molecule has 0 bridgehead atoms. The highest BCUT2D eigenvalue weighted by atomic mass is 16.5. The molecule has 22 heavy (non-hydrogen) atoms. The SMILES string of the molecule is COc1ccc(OC)c(COC(=O)c2ccc(C)cc2O)c1. The van der Waals surface area contributed by atoms with E-state index in [2.05, 4.69) is 0 Å². The Morgan fingerprint density at radius 3 is 2.50 bits per heavy atom. The summed E-state index contributed by atoms with van der Waals surface area (Å²) in [5, 5.41) is 9.80. The highest BCUT2D eigenvalue weighted by Crippen LogP contribution is 2.26. The van der Waals surface area contributed by atoms with Crippen LogP contribution in [-0.2, 0) is 11.3 Å². The molecule has 0 aliphatic heterocycles. The van der Waals surface area contributed by atoms with Crippen LogP contribution in [0.2, 0.25) is 0 Å². The molecular weight excluding hydrogens is 284 g/mol. The van der Waals surface area contributed by atoms with Gasteiger partial charge in [0.15, 0.2) is 0 Å². The number of rotatable bonds is 5. The van der Waals surface area contributed by atoms with E-state index in [1.807, 2.05) is 6.92 Å². The van der Waals surface area contributed by atoms with E-state index < -0.39 is 5.97 Å². The minimum absolute atomic E-state index is 0.0204. The number of aryl methyl sites for hydroxylation is 1. The van der Waals surface area contributed by atoms with Crippen LogP contribution >= 0.6 is 0 Å². The van der Waals surface area contributed by atoms with Crippen molar-refractivity contribution in [2.75, 3.05) is 14.2 Å². The van der Waals surface area contributed by atoms with E-state index in [4.69, 9.17) is 14.2 Å². The Balaban J connectivity index is 2.13. The Hall–Kier alpha value is -2.69. The number of aromatic hydroxyl groups is 1. The molecule has 0 radical (unpaired) electrons. The largest absolute Gasteiger partial charge is 0.507 e. The maximum Gasteiger partial charge on any atom is 0.342 e. The molecule has 0 atom stereocenters. The first-order chi connectivity index (χ1) is 10.5. The fourth-order valence-corrected chi connectivity index (χ4v) is 2.03. The molecule has 0 aromatic heterocycles. The molecule has 0 fully saturated rings. The number of carbonyl (C=O) groups is 1. The van der Waals surface area contributed by atoms with Crippen molar-refractivity contribution < 1.29 is 24.1 Å². The summed E-state index contributed by atoms with van der Waals surface area (Å²) < 4.78 is 15.6. The number of esters is 1. The monoisotopic (exact) mass is 302 g/mol. The Bertz CT molecular complexity index is 679. The van der Waals surface area contributed by atoms with Gasteiger partial charge in [-0.3, -0.25) is 0 Å². The third-order valence-electron chi connectivity index (χ3n) is 3.22. The number of hydrogen-bond donors (Lipinski definition) is 1. The van der Waals surface area contributed by atoms with Gasteiger partial charge in [0, 0.05) is 5.56 Å². The number of carbonyl (C=O) groups excluding carboxylic acids is 1. The van der Waals surface area contributed by atoms with Crippen molar-refractivity contribution in [1.82, 2.24) is 0 Å². The molecule has 116 valence electrons. The highest BCUT2D eigenvalue weighted by Gasteiger charge is 2.14. The summed E-state index contributed by atoms with van der Waals surface area (Å²) in [6.07, 6.45) is 0. The van der Waals surface area contributed by atoms with Crippen LogP contribution in [0.15, 0.2) is 36.4 Å². The van der Waals surface area contributed by atoms with Gasteiger partial charge in [0.1, 0.15) is 29.4 Å². The first kappa shape index (κ1) is 15.7. The zero-order valence-electron chi connectivity index (χ0n) is 12.8. The molecule has 0 aliphatic carbocycles. The Morgan fingerprint density at radius 1 is 1.09 bits per heavy atom. The lowest BCUT2D eigenvalue weighted by molar-refractivity contribution is 0.0466. The number of hydrogen-bond acceptors (Lipinski definition) is 5. The second-order valence-electron chi connectivity index (χ2n) is 4.77. The number of phenols is 1. The molecule has 2 aromatic rings. The van der Waals surface area contributed by atoms with E-state index in [0.29, 0.717) is 17.1 Å². The summed E-state index contributed by atoms with van der Waals surface area (Å²) in [5.41, 5.74) is 1.68. The number of benzene rings is 2. The van der Waals surface area contributed by atoms with Gasteiger partial charge >= 0.3 is 5.97 Å². The summed E-state index contributed by atoms with van der Waals surface area (Å²) >= 11 is 0. The summed E-state index contributed by atoms with van der Waals surface area (Å²) in [4.78, 5) is 12.0. The van der Waals surface area contributed by atoms with E-state index in [1.54, 1.807) is 38.5 Å². The van der Waals surface area contributed by atoms with Crippen molar-refractivity contribution in [3.63, 3.8) is 0 Å². The van der Waals surface area contributed by atoms with Gasteiger partial charge in [-0.2, -0.15) is 0 Å². The first-order valence-corrected chi connectivity index (χ1v) is 6.72. The minimum atomic E-state index is -0.595. The fraction of sp³-hybridized carbons (Fsp3) is 0.235. The normalized spacial score (nSPS) is 10.1. The molecule has 2 aromatic carbocycles. The van der Waals surface area contributed by atoms with Crippen molar-refractivity contribution in [2.24, 2.45) is 0 Å². The van der Waals surface area contributed by atoms with Gasteiger partial charge in [-0.1, -0.05) is 6.07 Å². The predicted octanol–water partition coefficient (Wildman–Crippen LogP) is 3.07. The lowest BCUT2D eigenvalue weighted by atomic mass is 10.1. The number of methoxy groups -OCH3 is 2. The second-order valence-corrected chi connectivity index (χ2v) is 4.77. The number of ether oxygens (including phenoxy) is 3.